The minimum absolute atomic E-state index is 0.181. The molecule has 0 N–H and O–H groups in total. The van der Waals surface area contributed by atoms with Crippen molar-refractivity contribution in [3.8, 4) is 5.75 Å². The summed E-state index contributed by atoms with van der Waals surface area (Å²) in [6.07, 6.45) is 0. The second kappa shape index (κ2) is 6.65. The van der Waals surface area contributed by atoms with Crippen LogP contribution in [0.1, 0.15) is 42.0 Å². The zero-order valence-corrected chi connectivity index (χ0v) is 16.4. The van der Waals surface area contributed by atoms with Crippen LogP contribution in [0.2, 0.25) is 0 Å². The molecule has 0 fully saturated rings. The number of halogens is 1. The molecule has 2 rings (SSSR count). The Labute approximate surface area is 146 Å². The molecule has 3 nitrogen and oxygen atoms in total. The monoisotopic (exact) mass is 396 g/mol. The molecule has 0 bridgehead atoms. The highest BCUT2D eigenvalue weighted by molar-refractivity contribution is 9.10. The second-order valence-corrected chi connectivity index (χ2v) is 8.45. The molecule has 0 saturated carbocycles. The lowest BCUT2D eigenvalue weighted by atomic mass is 9.98. The van der Waals surface area contributed by atoms with Crippen LogP contribution in [0.5, 0.6) is 5.75 Å². The SMILES string of the molecule is Cc1cc(C)c(S(=O)(=O)Oc2ccc(C(C)C)c(C)c2)cc1Br. The summed E-state index contributed by atoms with van der Waals surface area (Å²) in [6.45, 7) is 9.85. The quantitative estimate of drug-likeness (QED) is 0.661. The van der Waals surface area contributed by atoms with Gasteiger partial charge in [0.25, 0.3) is 0 Å². The van der Waals surface area contributed by atoms with E-state index in [-0.39, 0.29) is 4.90 Å². The first-order valence-corrected chi connectivity index (χ1v) is 9.63. The third-order valence-electron chi connectivity index (χ3n) is 3.79. The highest BCUT2D eigenvalue weighted by atomic mass is 79.9. The van der Waals surface area contributed by atoms with Crippen molar-refractivity contribution in [2.75, 3.05) is 0 Å². The highest BCUT2D eigenvalue weighted by Gasteiger charge is 2.21. The van der Waals surface area contributed by atoms with Gasteiger partial charge >= 0.3 is 10.1 Å². The lowest BCUT2D eigenvalue weighted by molar-refractivity contribution is 0.485. The van der Waals surface area contributed by atoms with E-state index in [2.05, 4.69) is 29.8 Å². The van der Waals surface area contributed by atoms with Gasteiger partial charge in [-0.3, -0.25) is 0 Å². The Kier molecular flexibility index (Phi) is 5.21. The second-order valence-electron chi connectivity index (χ2n) is 6.08. The largest absolute Gasteiger partial charge is 0.379 e. The maximum absolute atomic E-state index is 12.6. The molecule has 0 unspecified atom stereocenters. The van der Waals surface area contributed by atoms with Crippen molar-refractivity contribution in [2.45, 2.75) is 45.4 Å². The summed E-state index contributed by atoms with van der Waals surface area (Å²) in [5.74, 6) is 0.721. The molecule has 0 saturated heterocycles. The molecule has 124 valence electrons. The molecule has 0 aliphatic heterocycles. The molecule has 0 aliphatic rings. The zero-order chi connectivity index (χ0) is 17.4. The predicted molar refractivity (Wildman–Crippen MR) is 96.7 cm³/mol. The van der Waals surface area contributed by atoms with Crippen molar-refractivity contribution in [1.29, 1.82) is 0 Å². The fourth-order valence-corrected chi connectivity index (χ4v) is 4.25. The molecular formula is C18H21BrO3S. The van der Waals surface area contributed by atoms with Crippen molar-refractivity contribution >= 4 is 26.0 Å². The summed E-state index contributed by atoms with van der Waals surface area (Å²) in [6, 6.07) is 8.81. The van der Waals surface area contributed by atoms with Gasteiger partial charge in [-0.25, -0.2) is 0 Å². The summed E-state index contributed by atoms with van der Waals surface area (Å²) in [5.41, 5.74) is 3.86. The fourth-order valence-electron chi connectivity index (χ4n) is 2.60. The number of benzene rings is 2. The van der Waals surface area contributed by atoms with Crippen LogP contribution in [0.25, 0.3) is 0 Å². The van der Waals surface area contributed by atoms with Gasteiger partial charge in [0.05, 0.1) is 0 Å². The van der Waals surface area contributed by atoms with Gasteiger partial charge in [-0.15, -0.1) is 0 Å². The molecule has 0 aromatic heterocycles. The molecule has 0 heterocycles. The van der Waals surface area contributed by atoms with Crippen LogP contribution in [0.15, 0.2) is 39.7 Å². The van der Waals surface area contributed by atoms with Gasteiger partial charge in [-0.1, -0.05) is 41.9 Å². The van der Waals surface area contributed by atoms with Crippen molar-refractivity contribution < 1.29 is 12.6 Å². The van der Waals surface area contributed by atoms with E-state index < -0.39 is 10.1 Å². The van der Waals surface area contributed by atoms with Crippen LogP contribution in [-0.2, 0) is 10.1 Å². The molecule has 2 aromatic rings. The van der Waals surface area contributed by atoms with E-state index >= 15 is 0 Å². The van der Waals surface area contributed by atoms with Gasteiger partial charge < -0.3 is 4.18 Å². The Balaban J connectivity index is 2.39. The van der Waals surface area contributed by atoms with Gasteiger partial charge in [0.15, 0.2) is 0 Å². The molecule has 0 spiro atoms. The van der Waals surface area contributed by atoms with Crippen LogP contribution in [0, 0.1) is 20.8 Å². The van der Waals surface area contributed by atoms with Gasteiger partial charge in [-0.05, 0) is 67.1 Å². The van der Waals surface area contributed by atoms with Crippen LogP contribution in [-0.4, -0.2) is 8.42 Å². The first kappa shape index (κ1) is 18.0. The number of aryl methyl sites for hydroxylation is 3. The smallest absolute Gasteiger partial charge is 0.339 e. The van der Waals surface area contributed by atoms with E-state index in [1.807, 2.05) is 26.0 Å². The van der Waals surface area contributed by atoms with Crippen molar-refractivity contribution in [2.24, 2.45) is 0 Å². The Bertz CT molecular complexity index is 840. The van der Waals surface area contributed by atoms with E-state index in [1.165, 1.54) is 5.56 Å². The predicted octanol–water partition coefficient (Wildman–Crippen LogP) is 5.27. The molecule has 5 heteroatoms. The Morgan fingerprint density at radius 1 is 0.957 bits per heavy atom. The summed E-state index contributed by atoms with van der Waals surface area (Å²) in [5, 5.41) is 0. The van der Waals surface area contributed by atoms with E-state index in [1.54, 1.807) is 25.1 Å². The van der Waals surface area contributed by atoms with Crippen molar-refractivity contribution in [3.63, 3.8) is 0 Å². The topological polar surface area (TPSA) is 43.4 Å². The molecule has 0 atom stereocenters. The molecule has 2 aromatic carbocycles. The summed E-state index contributed by atoms with van der Waals surface area (Å²) in [7, 11) is -3.86. The van der Waals surface area contributed by atoms with Crippen LogP contribution in [0.3, 0.4) is 0 Å². The van der Waals surface area contributed by atoms with Crippen LogP contribution >= 0.6 is 15.9 Å². The van der Waals surface area contributed by atoms with E-state index in [0.29, 0.717) is 17.2 Å². The summed E-state index contributed by atoms with van der Waals surface area (Å²) in [4.78, 5) is 0.181. The average molecular weight is 397 g/mol. The van der Waals surface area contributed by atoms with Crippen LogP contribution in [0.4, 0.5) is 0 Å². The Morgan fingerprint density at radius 2 is 1.61 bits per heavy atom. The lowest BCUT2D eigenvalue weighted by Gasteiger charge is -2.14. The van der Waals surface area contributed by atoms with Gasteiger partial charge in [-0.2, -0.15) is 8.42 Å². The van der Waals surface area contributed by atoms with Gasteiger partial charge in [0.1, 0.15) is 10.6 Å². The Hall–Kier alpha value is -1.33. The number of hydrogen-bond donors (Lipinski definition) is 0. The molecule has 0 radical (unpaired) electrons. The molecule has 0 aliphatic carbocycles. The molecule has 0 amide bonds. The van der Waals surface area contributed by atoms with Crippen molar-refractivity contribution in [3.05, 3.63) is 57.1 Å². The zero-order valence-electron chi connectivity index (χ0n) is 14.0. The van der Waals surface area contributed by atoms with E-state index in [0.717, 1.165) is 15.6 Å². The van der Waals surface area contributed by atoms with Gasteiger partial charge in [0.2, 0.25) is 0 Å². The maximum Gasteiger partial charge on any atom is 0.339 e. The first-order chi connectivity index (χ1) is 10.6. The van der Waals surface area contributed by atoms with E-state index in [4.69, 9.17) is 4.18 Å². The van der Waals surface area contributed by atoms with E-state index in [9.17, 15) is 8.42 Å². The standard InChI is InChI=1S/C18H21BrO3S/c1-11(2)16-7-6-15(9-12(16)3)22-23(20,21)18-10-17(19)13(4)8-14(18)5/h6-11H,1-5H3. The molecular weight excluding hydrogens is 376 g/mol. The normalized spacial score (nSPS) is 11.8. The maximum atomic E-state index is 12.6. The highest BCUT2D eigenvalue weighted by Crippen LogP contribution is 2.29. The minimum Gasteiger partial charge on any atom is -0.379 e. The summed E-state index contributed by atoms with van der Waals surface area (Å²) >= 11 is 3.38. The fraction of sp³-hybridized carbons (Fsp3) is 0.333. The van der Waals surface area contributed by atoms with Gasteiger partial charge in [0, 0.05) is 4.47 Å². The third-order valence-corrected chi connectivity index (χ3v) is 6.04. The number of rotatable bonds is 4. The number of hydrogen-bond acceptors (Lipinski definition) is 3. The first-order valence-electron chi connectivity index (χ1n) is 7.43. The molecule has 23 heavy (non-hydrogen) atoms. The average Bonchev–Trinajstić information content (AvgIpc) is 2.41. The summed E-state index contributed by atoms with van der Waals surface area (Å²) < 4.78 is 31.2. The van der Waals surface area contributed by atoms with Crippen LogP contribution < -0.4 is 4.18 Å². The lowest BCUT2D eigenvalue weighted by Crippen LogP contribution is -2.12. The minimum atomic E-state index is -3.86. The third kappa shape index (κ3) is 3.96. The van der Waals surface area contributed by atoms with Crippen molar-refractivity contribution in [1.82, 2.24) is 0 Å². The Morgan fingerprint density at radius 3 is 2.17 bits per heavy atom.